The zero-order valence-electron chi connectivity index (χ0n) is 11.9. The number of amides is 1. The largest absolute Gasteiger partial charge is 0.484 e. The Kier molecular flexibility index (Phi) is 7.65. The maximum Gasteiger partial charge on any atom is 0.257 e. The molecule has 1 aromatic carbocycles. The Morgan fingerprint density at radius 2 is 1.95 bits per heavy atom. The third-order valence-electron chi connectivity index (χ3n) is 2.86. The number of nitrogens with two attached hydrogens (primary N) is 1. The molecular weight excluding hydrogens is 272 g/mol. The van der Waals surface area contributed by atoms with Gasteiger partial charge in [0, 0.05) is 12.1 Å². The molecule has 0 aliphatic rings. The average molecular weight is 294 g/mol. The van der Waals surface area contributed by atoms with Crippen LogP contribution in [0.4, 0.5) is 0 Å². The lowest BCUT2D eigenvalue weighted by Crippen LogP contribution is -2.29. The third kappa shape index (κ3) is 6.52. The summed E-state index contributed by atoms with van der Waals surface area (Å²) in [5.41, 5.74) is 6.29. The van der Waals surface area contributed by atoms with Gasteiger partial charge in [-0.1, -0.05) is 38.4 Å². The molecular formula is C15H22N2O2S. The molecule has 0 aromatic heterocycles. The minimum atomic E-state index is -0.0973. The number of carbonyl (C=O) groups excluding carboxylic acids is 1. The second-order valence-electron chi connectivity index (χ2n) is 4.59. The van der Waals surface area contributed by atoms with E-state index < -0.39 is 0 Å². The van der Waals surface area contributed by atoms with Crippen molar-refractivity contribution < 1.29 is 9.53 Å². The molecule has 0 bridgehead atoms. The van der Waals surface area contributed by atoms with E-state index in [2.05, 4.69) is 12.2 Å². The summed E-state index contributed by atoms with van der Waals surface area (Å²) >= 11 is 4.86. The molecule has 0 radical (unpaired) electrons. The number of hydrogen-bond donors (Lipinski definition) is 2. The number of benzene rings is 1. The Morgan fingerprint density at radius 3 is 2.55 bits per heavy atom. The highest BCUT2D eigenvalue weighted by molar-refractivity contribution is 7.80. The molecule has 0 heterocycles. The van der Waals surface area contributed by atoms with Crippen molar-refractivity contribution in [3.8, 4) is 5.75 Å². The normalized spacial score (nSPS) is 10.1. The van der Waals surface area contributed by atoms with E-state index in [0.29, 0.717) is 17.3 Å². The summed E-state index contributed by atoms with van der Waals surface area (Å²) in [6.07, 6.45) is 4.57. The van der Waals surface area contributed by atoms with Crippen LogP contribution < -0.4 is 15.8 Å². The van der Waals surface area contributed by atoms with Gasteiger partial charge in [-0.3, -0.25) is 4.79 Å². The second kappa shape index (κ2) is 9.31. The average Bonchev–Trinajstić information content (AvgIpc) is 2.45. The van der Waals surface area contributed by atoms with Gasteiger partial charge in [0.1, 0.15) is 10.7 Å². The molecule has 0 unspecified atom stereocenters. The monoisotopic (exact) mass is 294 g/mol. The quantitative estimate of drug-likeness (QED) is 0.542. The first-order valence-corrected chi connectivity index (χ1v) is 7.33. The van der Waals surface area contributed by atoms with Crippen molar-refractivity contribution in [2.45, 2.75) is 32.6 Å². The van der Waals surface area contributed by atoms with Crippen molar-refractivity contribution in [1.29, 1.82) is 0 Å². The van der Waals surface area contributed by atoms with Gasteiger partial charge in [0.2, 0.25) is 0 Å². The van der Waals surface area contributed by atoms with E-state index in [0.717, 1.165) is 18.4 Å². The lowest BCUT2D eigenvalue weighted by atomic mass is 10.2. The minimum absolute atomic E-state index is 0.0280. The van der Waals surface area contributed by atoms with E-state index in [-0.39, 0.29) is 12.5 Å². The molecule has 20 heavy (non-hydrogen) atoms. The first-order chi connectivity index (χ1) is 9.63. The van der Waals surface area contributed by atoms with E-state index in [1.807, 2.05) is 0 Å². The number of ether oxygens (including phenoxy) is 1. The second-order valence-corrected chi connectivity index (χ2v) is 5.03. The molecule has 4 nitrogen and oxygen atoms in total. The Bertz CT molecular complexity index is 432. The van der Waals surface area contributed by atoms with Gasteiger partial charge in [-0.25, -0.2) is 0 Å². The van der Waals surface area contributed by atoms with Crippen LogP contribution in [-0.4, -0.2) is 24.0 Å². The number of unbranched alkanes of at least 4 members (excludes halogenated alkanes) is 3. The van der Waals surface area contributed by atoms with E-state index in [9.17, 15) is 4.79 Å². The summed E-state index contributed by atoms with van der Waals surface area (Å²) in [6, 6.07) is 7.06. The fourth-order valence-electron chi connectivity index (χ4n) is 1.69. The van der Waals surface area contributed by atoms with Crippen LogP contribution in [0.1, 0.15) is 38.2 Å². The summed E-state index contributed by atoms with van der Waals surface area (Å²) in [7, 11) is 0. The molecule has 3 N–H and O–H groups in total. The molecule has 0 aliphatic carbocycles. The molecule has 5 heteroatoms. The minimum Gasteiger partial charge on any atom is -0.484 e. The summed E-state index contributed by atoms with van der Waals surface area (Å²) in [4.78, 5) is 11.9. The number of nitrogens with one attached hydrogen (secondary N) is 1. The van der Waals surface area contributed by atoms with Crippen LogP contribution >= 0.6 is 12.2 Å². The zero-order chi connectivity index (χ0) is 14.8. The van der Waals surface area contributed by atoms with Crippen LogP contribution in [0, 0.1) is 0 Å². The first-order valence-electron chi connectivity index (χ1n) is 6.93. The number of hydrogen-bond acceptors (Lipinski definition) is 3. The van der Waals surface area contributed by atoms with Gasteiger partial charge >= 0.3 is 0 Å². The lowest BCUT2D eigenvalue weighted by molar-refractivity contribution is -0.123. The van der Waals surface area contributed by atoms with Crippen LogP contribution in [0.5, 0.6) is 5.75 Å². The Labute approximate surface area is 125 Å². The molecule has 0 spiro atoms. The molecule has 0 saturated heterocycles. The third-order valence-corrected chi connectivity index (χ3v) is 3.10. The fourth-order valence-corrected chi connectivity index (χ4v) is 1.83. The van der Waals surface area contributed by atoms with Crippen molar-refractivity contribution in [2.75, 3.05) is 13.2 Å². The number of rotatable bonds is 9. The van der Waals surface area contributed by atoms with E-state index in [1.165, 1.54) is 12.8 Å². The molecule has 0 saturated carbocycles. The fraction of sp³-hybridized carbons (Fsp3) is 0.467. The first kappa shape index (κ1) is 16.4. The van der Waals surface area contributed by atoms with Gasteiger partial charge in [0.25, 0.3) is 5.91 Å². The van der Waals surface area contributed by atoms with Crippen molar-refractivity contribution in [3.05, 3.63) is 29.8 Å². The predicted octanol–water partition coefficient (Wildman–Crippen LogP) is 2.40. The maximum atomic E-state index is 11.5. The van der Waals surface area contributed by atoms with E-state index >= 15 is 0 Å². The maximum absolute atomic E-state index is 11.5. The molecule has 1 rings (SSSR count). The smallest absolute Gasteiger partial charge is 0.257 e. The van der Waals surface area contributed by atoms with Crippen LogP contribution in [0.3, 0.4) is 0 Å². The SMILES string of the molecule is CCCCCCNC(=O)COc1ccc(C(N)=S)cc1. The van der Waals surface area contributed by atoms with Gasteiger partial charge in [-0.2, -0.15) is 0 Å². The highest BCUT2D eigenvalue weighted by Gasteiger charge is 2.02. The van der Waals surface area contributed by atoms with Crippen molar-refractivity contribution >= 4 is 23.1 Å². The van der Waals surface area contributed by atoms with Gasteiger partial charge in [-0.15, -0.1) is 0 Å². The summed E-state index contributed by atoms with van der Waals surface area (Å²) in [5, 5.41) is 2.84. The predicted molar refractivity (Wildman–Crippen MR) is 85.0 cm³/mol. The topological polar surface area (TPSA) is 64.3 Å². The van der Waals surface area contributed by atoms with Crippen molar-refractivity contribution in [3.63, 3.8) is 0 Å². The summed E-state index contributed by atoms with van der Waals surface area (Å²) < 4.78 is 5.38. The number of carbonyl (C=O) groups is 1. The van der Waals surface area contributed by atoms with Gasteiger partial charge < -0.3 is 15.8 Å². The summed E-state index contributed by atoms with van der Waals surface area (Å²) in [6.45, 7) is 2.90. The Hall–Kier alpha value is -1.62. The van der Waals surface area contributed by atoms with Crippen LogP contribution in [-0.2, 0) is 4.79 Å². The molecule has 110 valence electrons. The van der Waals surface area contributed by atoms with Gasteiger partial charge in [0.15, 0.2) is 6.61 Å². The van der Waals surface area contributed by atoms with Crippen LogP contribution in [0.25, 0.3) is 0 Å². The van der Waals surface area contributed by atoms with Gasteiger partial charge in [-0.05, 0) is 30.7 Å². The summed E-state index contributed by atoms with van der Waals surface area (Å²) in [5.74, 6) is 0.533. The van der Waals surface area contributed by atoms with Crippen molar-refractivity contribution in [2.24, 2.45) is 5.73 Å². The molecule has 0 fully saturated rings. The van der Waals surface area contributed by atoms with Gasteiger partial charge in [0.05, 0.1) is 0 Å². The molecule has 1 aromatic rings. The zero-order valence-corrected chi connectivity index (χ0v) is 12.7. The standard InChI is InChI=1S/C15H22N2O2S/c1-2-3-4-5-10-17-14(18)11-19-13-8-6-12(7-9-13)15(16)20/h6-9H,2-5,10-11H2,1H3,(H2,16,20)(H,17,18). The Morgan fingerprint density at radius 1 is 1.25 bits per heavy atom. The highest BCUT2D eigenvalue weighted by Crippen LogP contribution is 2.11. The molecule has 1 amide bonds. The molecule has 0 atom stereocenters. The van der Waals surface area contributed by atoms with Crippen molar-refractivity contribution in [1.82, 2.24) is 5.32 Å². The highest BCUT2D eigenvalue weighted by atomic mass is 32.1. The van der Waals surface area contributed by atoms with E-state index in [1.54, 1.807) is 24.3 Å². The van der Waals surface area contributed by atoms with Crippen LogP contribution in [0.15, 0.2) is 24.3 Å². The van der Waals surface area contributed by atoms with Crippen LogP contribution in [0.2, 0.25) is 0 Å². The van der Waals surface area contributed by atoms with E-state index in [4.69, 9.17) is 22.7 Å². The lowest BCUT2D eigenvalue weighted by Gasteiger charge is -2.08. The Balaban J connectivity index is 2.22. The molecule has 0 aliphatic heterocycles. The number of thiocarbonyl (C=S) groups is 1.